The maximum Gasteiger partial charge on any atom is 1.00 e. The molecule has 0 unspecified atom stereocenters. The molecule has 0 N–H and O–H groups in total. The third-order valence-corrected chi connectivity index (χ3v) is 1.01. The summed E-state index contributed by atoms with van der Waals surface area (Å²) >= 11 is 0. The smallest absolute Gasteiger partial charge is 0.523 e. The topological polar surface area (TPSA) is 45.9 Å². The van der Waals surface area contributed by atoms with Crippen molar-refractivity contribution in [3.05, 3.63) is 23.9 Å². The van der Waals surface area contributed by atoms with E-state index >= 15 is 0 Å². The molecule has 1 heterocycles. The van der Waals surface area contributed by atoms with Crippen LogP contribution in [0.3, 0.4) is 0 Å². The van der Waals surface area contributed by atoms with E-state index in [2.05, 4.69) is 11.1 Å². The van der Waals surface area contributed by atoms with Crippen LogP contribution in [-0.4, -0.2) is 12.1 Å². The first-order valence-electron chi connectivity index (χ1n) is 2.69. The van der Waals surface area contributed by atoms with Gasteiger partial charge in [0.1, 0.15) is 5.88 Å². The van der Waals surface area contributed by atoms with Crippen LogP contribution in [0, 0.1) is 17.4 Å². The molecule has 3 nitrogen and oxygen atoms in total. The molecule has 0 aliphatic rings. The maximum atomic E-state index is 8.45. The Morgan fingerprint density at radius 3 is 2.91 bits per heavy atom. The first-order valence-corrected chi connectivity index (χ1v) is 2.69. The zero-order chi connectivity index (χ0) is 7.40. The van der Waals surface area contributed by atoms with E-state index in [1.165, 1.54) is 13.3 Å². The number of rotatable bonds is 1. The van der Waals surface area contributed by atoms with Gasteiger partial charge in [0.25, 0.3) is 0 Å². The van der Waals surface area contributed by atoms with Gasteiger partial charge >= 0.3 is 18.9 Å². The van der Waals surface area contributed by atoms with Gasteiger partial charge in [-0.15, -0.1) is 12.1 Å². The normalized spacial score (nSPS) is 7.64. The zero-order valence-electron chi connectivity index (χ0n) is 6.46. The largest absolute Gasteiger partial charge is 1.00 e. The standard InChI is InChI=1S/C7H5N2O.Li/c1-10-7-6(5-8)3-2-4-9-7;/h2,4H,1H3;/q-1;+1. The second-order valence-electron chi connectivity index (χ2n) is 1.59. The third-order valence-electron chi connectivity index (χ3n) is 1.01. The Morgan fingerprint density at radius 2 is 2.45 bits per heavy atom. The maximum absolute atomic E-state index is 8.45. The number of aromatic nitrogens is 1. The molecular formula is C7H5LiN2O. The molecule has 0 amide bonds. The molecule has 0 aromatic carbocycles. The average molecular weight is 140 g/mol. The van der Waals surface area contributed by atoms with Crippen molar-refractivity contribution in [1.82, 2.24) is 4.98 Å². The van der Waals surface area contributed by atoms with E-state index in [0.717, 1.165) is 0 Å². The van der Waals surface area contributed by atoms with Crippen molar-refractivity contribution in [3.8, 4) is 11.9 Å². The van der Waals surface area contributed by atoms with Gasteiger partial charge in [-0.25, -0.2) is 0 Å². The summed E-state index contributed by atoms with van der Waals surface area (Å²) in [6, 6.07) is 6.16. The van der Waals surface area contributed by atoms with E-state index in [-0.39, 0.29) is 18.9 Å². The summed E-state index contributed by atoms with van der Waals surface area (Å²) in [7, 11) is 1.47. The molecule has 0 saturated carbocycles. The summed E-state index contributed by atoms with van der Waals surface area (Å²) in [4.78, 5) is 3.79. The number of ether oxygens (including phenoxy) is 1. The fourth-order valence-electron chi connectivity index (χ4n) is 0.587. The Labute approximate surface area is 77.2 Å². The van der Waals surface area contributed by atoms with Crippen molar-refractivity contribution in [3.63, 3.8) is 0 Å². The van der Waals surface area contributed by atoms with E-state index in [1.807, 2.05) is 6.07 Å². The summed E-state index contributed by atoms with van der Waals surface area (Å²) in [5.74, 6) is 0.324. The fraction of sp³-hybridized carbons (Fsp3) is 0.143. The molecule has 0 spiro atoms. The summed E-state index contributed by atoms with van der Waals surface area (Å²) in [6.07, 6.45) is 1.53. The van der Waals surface area contributed by atoms with Gasteiger partial charge in [0, 0.05) is 0 Å². The molecule has 50 valence electrons. The van der Waals surface area contributed by atoms with Crippen LogP contribution in [0.1, 0.15) is 5.56 Å². The molecule has 1 aromatic heterocycles. The Bertz CT molecular complexity index is 269. The quantitative estimate of drug-likeness (QED) is 0.327. The monoisotopic (exact) mass is 140 g/mol. The van der Waals surface area contributed by atoms with Gasteiger partial charge < -0.3 is 9.72 Å². The van der Waals surface area contributed by atoms with E-state index < -0.39 is 0 Å². The van der Waals surface area contributed by atoms with Gasteiger partial charge in [0.05, 0.1) is 7.11 Å². The second kappa shape index (κ2) is 4.79. The minimum atomic E-state index is 0. The van der Waals surface area contributed by atoms with Crippen LogP contribution in [-0.2, 0) is 0 Å². The first kappa shape index (κ1) is 10.0. The predicted molar refractivity (Wildman–Crippen MR) is 34.3 cm³/mol. The molecule has 0 atom stereocenters. The van der Waals surface area contributed by atoms with Gasteiger partial charge in [-0.1, -0.05) is 6.20 Å². The number of hydrogen-bond acceptors (Lipinski definition) is 3. The minimum Gasteiger partial charge on any atom is -0.523 e. The molecule has 0 radical (unpaired) electrons. The van der Waals surface area contributed by atoms with E-state index in [0.29, 0.717) is 11.4 Å². The summed E-state index contributed by atoms with van der Waals surface area (Å²) in [5, 5.41) is 8.45. The summed E-state index contributed by atoms with van der Waals surface area (Å²) in [5.41, 5.74) is 0.338. The first-order chi connectivity index (χ1) is 4.88. The van der Waals surface area contributed by atoms with Crippen LogP contribution < -0.4 is 23.6 Å². The number of hydrogen-bond donors (Lipinski definition) is 0. The molecule has 1 aromatic rings. The molecule has 1 rings (SSSR count). The SMILES string of the molecule is COc1ncc[c-]c1C#N.[Li+]. The summed E-state index contributed by atoms with van der Waals surface area (Å²) in [6.45, 7) is 0. The van der Waals surface area contributed by atoms with Gasteiger partial charge in [-0.05, 0) is 11.6 Å². The predicted octanol–water partition coefficient (Wildman–Crippen LogP) is -2.23. The van der Waals surface area contributed by atoms with Crippen LogP contribution in [0.5, 0.6) is 5.88 Å². The van der Waals surface area contributed by atoms with Crippen molar-refractivity contribution < 1.29 is 23.6 Å². The van der Waals surface area contributed by atoms with Crippen molar-refractivity contribution in [2.75, 3.05) is 7.11 Å². The number of nitriles is 1. The second-order valence-corrected chi connectivity index (χ2v) is 1.59. The minimum absolute atomic E-state index is 0. The van der Waals surface area contributed by atoms with E-state index in [9.17, 15) is 0 Å². The number of pyridine rings is 1. The van der Waals surface area contributed by atoms with Crippen LogP contribution in [0.2, 0.25) is 0 Å². The molecule has 0 saturated heterocycles. The molecule has 0 bridgehead atoms. The fourth-order valence-corrected chi connectivity index (χ4v) is 0.587. The zero-order valence-corrected chi connectivity index (χ0v) is 6.46. The Morgan fingerprint density at radius 1 is 1.73 bits per heavy atom. The Balaban J connectivity index is 0.000001000. The van der Waals surface area contributed by atoms with E-state index in [4.69, 9.17) is 10.00 Å². The third kappa shape index (κ3) is 2.27. The number of nitrogens with zero attached hydrogens (tertiary/aromatic N) is 2. The molecule has 0 aliphatic heterocycles. The summed E-state index contributed by atoms with van der Waals surface area (Å²) < 4.78 is 4.77. The van der Waals surface area contributed by atoms with Gasteiger partial charge in [0.2, 0.25) is 0 Å². The molecular weight excluding hydrogens is 135 g/mol. The van der Waals surface area contributed by atoms with Crippen molar-refractivity contribution in [1.29, 1.82) is 5.26 Å². The van der Waals surface area contributed by atoms with Crippen molar-refractivity contribution in [2.24, 2.45) is 0 Å². The van der Waals surface area contributed by atoms with Gasteiger partial charge in [-0.3, -0.25) is 5.26 Å². The van der Waals surface area contributed by atoms with Crippen molar-refractivity contribution in [2.45, 2.75) is 0 Å². The molecule has 4 heteroatoms. The van der Waals surface area contributed by atoms with Crippen molar-refractivity contribution >= 4 is 0 Å². The Hall–Kier alpha value is -0.963. The average Bonchev–Trinajstić information content (AvgIpc) is 2.04. The van der Waals surface area contributed by atoms with Crippen LogP contribution in [0.25, 0.3) is 0 Å². The van der Waals surface area contributed by atoms with Crippen LogP contribution >= 0.6 is 0 Å². The molecule has 0 aliphatic carbocycles. The number of methoxy groups -OCH3 is 1. The van der Waals surface area contributed by atoms with Gasteiger partial charge in [-0.2, -0.15) is 0 Å². The van der Waals surface area contributed by atoms with Gasteiger partial charge in [0.15, 0.2) is 0 Å². The molecule has 11 heavy (non-hydrogen) atoms. The van der Waals surface area contributed by atoms with E-state index in [1.54, 1.807) is 6.07 Å². The van der Waals surface area contributed by atoms with Crippen LogP contribution in [0.4, 0.5) is 0 Å². The molecule has 0 fully saturated rings. The Kier molecular flexibility index (Phi) is 4.37. The van der Waals surface area contributed by atoms with Crippen LogP contribution in [0.15, 0.2) is 12.3 Å².